The zero-order valence-corrected chi connectivity index (χ0v) is 11.2. The number of alkyl halides is 3. The van der Waals surface area contributed by atoms with E-state index in [-0.39, 0.29) is 5.56 Å². The van der Waals surface area contributed by atoms with Crippen molar-refractivity contribution < 1.29 is 22.7 Å². The summed E-state index contributed by atoms with van der Waals surface area (Å²) in [6.07, 6.45) is -4.53. The maximum Gasteiger partial charge on any atom is 0.416 e. The lowest BCUT2D eigenvalue weighted by Crippen LogP contribution is -2.47. The normalized spacial score (nSPS) is 15.2. The first-order chi connectivity index (χ1) is 8.65. The van der Waals surface area contributed by atoms with Gasteiger partial charge in [-0.05, 0) is 32.6 Å². The number of halogens is 3. The summed E-state index contributed by atoms with van der Waals surface area (Å²) in [6.45, 7) is 1.41. The molecule has 0 aliphatic heterocycles. The van der Waals surface area contributed by atoms with Crippen LogP contribution >= 0.6 is 0 Å². The number of methoxy groups -OCH3 is 1. The second-order valence-corrected chi connectivity index (χ2v) is 4.50. The number of nitrogens with zero attached hydrogens (tertiary/aromatic N) is 1. The van der Waals surface area contributed by atoms with E-state index in [1.54, 1.807) is 0 Å². The Morgan fingerprint density at radius 3 is 2.00 bits per heavy atom. The second kappa shape index (κ2) is 5.21. The minimum absolute atomic E-state index is 0.126. The van der Waals surface area contributed by atoms with E-state index in [4.69, 9.17) is 0 Å². The summed E-state index contributed by atoms with van der Waals surface area (Å²) in [5.41, 5.74) is -2.46. The van der Waals surface area contributed by atoms with Gasteiger partial charge in [0.1, 0.15) is 5.54 Å². The molecule has 1 aromatic rings. The average molecular weight is 275 g/mol. The van der Waals surface area contributed by atoms with Gasteiger partial charge in [0.2, 0.25) is 0 Å². The molecule has 0 aromatic heterocycles. The zero-order valence-electron chi connectivity index (χ0n) is 11.2. The fourth-order valence-electron chi connectivity index (χ4n) is 1.89. The molecular formula is C13H16F3NO2. The van der Waals surface area contributed by atoms with E-state index in [9.17, 15) is 18.0 Å². The van der Waals surface area contributed by atoms with E-state index in [2.05, 4.69) is 4.74 Å². The number of carbonyl (C=O) groups excluding carboxylic acids is 1. The molecule has 1 atom stereocenters. The van der Waals surface area contributed by atoms with Crippen molar-refractivity contribution in [3.8, 4) is 0 Å². The minimum Gasteiger partial charge on any atom is -0.467 e. The van der Waals surface area contributed by atoms with Crippen molar-refractivity contribution >= 4 is 5.97 Å². The Morgan fingerprint density at radius 1 is 1.16 bits per heavy atom. The Bertz CT molecular complexity index is 471. The number of carbonyl (C=O) groups is 1. The van der Waals surface area contributed by atoms with Gasteiger partial charge in [-0.15, -0.1) is 0 Å². The molecule has 0 saturated carbocycles. The molecule has 19 heavy (non-hydrogen) atoms. The number of esters is 1. The lowest BCUT2D eigenvalue weighted by molar-refractivity contribution is -0.155. The minimum atomic E-state index is -4.53. The highest BCUT2D eigenvalue weighted by atomic mass is 19.4. The van der Waals surface area contributed by atoms with Gasteiger partial charge in [0.05, 0.1) is 12.7 Å². The number of hydrogen-bond donors (Lipinski definition) is 0. The van der Waals surface area contributed by atoms with Gasteiger partial charge in [-0.2, -0.15) is 13.2 Å². The Kier molecular flexibility index (Phi) is 4.25. The Hall–Kier alpha value is -1.56. The van der Waals surface area contributed by atoms with Crippen molar-refractivity contribution in [1.82, 2.24) is 4.90 Å². The molecule has 0 radical (unpaired) electrons. The van der Waals surface area contributed by atoms with Crippen LogP contribution in [0.5, 0.6) is 0 Å². The topological polar surface area (TPSA) is 29.5 Å². The third-order valence-electron chi connectivity index (χ3n) is 3.23. The van der Waals surface area contributed by atoms with Crippen molar-refractivity contribution in [3.05, 3.63) is 35.4 Å². The number of likely N-dealkylation sites (N-methyl/N-ethyl adjacent to an activating group) is 1. The smallest absolute Gasteiger partial charge is 0.416 e. The molecule has 1 unspecified atom stereocenters. The molecule has 0 spiro atoms. The first-order valence-electron chi connectivity index (χ1n) is 5.58. The molecule has 1 aromatic carbocycles. The Labute approximate surface area is 110 Å². The predicted molar refractivity (Wildman–Crippen MR) is 64.5 cm³/mol. The van der Waals surface area contributed by atoms with Gasteiger partial charge in [-0.25, -0.2) is 4.79 Å². The molecule has 1 rings (SSSR count). The molecule has 0 bridgehead atoms. The van der Waals surface area contributed by atoms with Gasteiger partial charge in [0, 0.05) is 0 Å². The average Bonchev–Trinajstić information content (AvgIpc) is 2.35. The van der Waals surface area contributed by atoms with Crippen LogP contribution in [0.2, 0.25) is 0 Å². The van der Waals surface area contributed by atoms with Crippen molar-refractivity contribution in [3.63, 3.8) is 0 Å². The zero-order chi connectivity index (χ0) is 14.8. The molecule has 0 amide bonds. The Balaban J connectivity index is 3.53. The quantitative estimate of drug-likeness (QED) is 0.794. The third-order valence-corrected chi connectivity index (χ3v) is 3.23. The standard InChI is InChI=1S/C13H16F3NO2/c1-12(17(2)3,11(18)19-4)9-7-5-6-8-10(9)13(14,15)16/h5-8H,1-4H3. The molecule has 0 aliphatic carbocycles. The van der Waals surface area contributed by atoms with Crippen molar-refractivity contribution in [2.24, 2.45) is 0 Å². The van der Waals surface area contributed by atoms with Crippen LogP contribution in [0.15, 0.2) is 24.3 Å². The number of hydrogen-bond acceptors (Lipinski definition) is 3. The van der Waals surface area contributed by atoms with Crippen molar-refractivity contribution in [2.75, 3.05) is 21.2 Å². The van der Waals surface area contributed by atoms with E-state index < -0.39 is 23.2 Å². The monoisotopic (exact) mass is 275 g/mol. The van der Waals surface area contributed by atoms with Crippen LogP contribution in [0.25, 0.3) is 0 Å². The van der Waals surface area contributed by atoms with Gasteiger partial charge >= 0.3 is 12.1 Å². The van der Waals surface area contributed by atoms with Crippen LogP contribution in [-0.4, -0.2) is 32.1 Å². The molecular weight excluding hydrogens is 259 g/mol. The lowest BCUT2D eigenvalue weighted by Gasteiger charge is -2.35. The maximum atomic E-state index is 13.0. The van der Waals surface area contributed by atoms with E-state index in [1.165, 1.54) is 44.1 Å². The number of rotatable bonds is 3. The first-order valence-corrected chi connectivity index (χ1v) is 5.58. The second-order valence-electron chi connectivity index (χ2n) is 4.50. The fraction of sp³-hybridized carbons (Fsp3) is 0.462. The third kappa shape index (κ3) is 2.73. The highest BCUT2D eigenvalue weighted by Gasteiger charge is 2.45. The molecule has 3 nitrogen and oxygen atoms in total. The first kappa shape index (κ1) is 15.5. The SMILES string of the molecule is COC(=O)C(C)(c1ccccc1C(F)(F)F)N(C)C. The van der Waals surface area contributed by atoms with Gasteiger partial charge < -0.3 is 4.74 Å². The lowest BCUT2D eigenvalue weighted by atomic mass is 9.86. The summed E-state index contributed by atoms with van der Waals surface area (Å²) in [6, 6.07) is 5.01. The molecule has 6 heteroatoms. The van der Waals surface area contributed by atoms with Gasteiger partial charge in [-0.3, -0.25) is 4.90 Å². The molecule has 0 saturated heterocycles. The highest BCUT2D eigenvalue weighted by molar-refractivity contribution is 5.82. The summed E-state index contributed by atoms with van der Waals surface area (Å²) in [5.74, 6) is -0.741. The fourth-order valence-corrected chi connectivity index (χ4v) is 1.89. The number of benzene rings is 1. The van der Waals surface area contributed by atoms with Crippen LogP contribution in [0.1, 0.15) is 18.1 Å². The molecule has 0 aliphatic rings. The molecule has 106 valence electrons. The van der Waals surface area contributed by atoms with Gasteiger partial charge in [-0.1, -0.05) is 18.2 Å². The van der Waals surface area contributed by atoms with E-state index in [1.807, 2.05) is 0 Å². The predicted octanol–water partition coefficient (Wildman–Crippen LogP) is 2.66. The van der Waals surface area contributed by atoms with Crippen LogP contribution in [0.3, 0.4) is 0 Å². The summed E-state index contributed by atoms with van der Waals surface area (Å²) in [7, 11) is 4.22. The van der Waals surface area contributed by atoms with Gasteiger partial charge in [0.25, 0.3) is 0 Å². The van der Waals surface area contributed by atoms with Gasteiger partial charge in [0.15, 0.2) is 0 Å². The van der Waals surface area contributed by atoms with E-state index >= 15 is 0 Å². The summed E-state index contributed by atoms with van der Waals surface area (Å²) >= 11 is 0. The van der Waals surface area contributed by atoms with Crippen molar-refractivity contribution in [2.45, 2.75) is 18.6 Å². The Morgan fingerprint density at radius 2 is 1.63 bits per heavy atom. The highest BCUT2D eigenvalue weighted by Crippen LogP contribution is 2.38. The summed E-state index contributed by atoms with van der Waals surface area (Å²) in [5, 5.41) is 0. The van der Waals surface area contributed by atoms with Crippen LogP contribution in [0.4, 0.5) is 13.2 Å². The summed E-state index contributed by atoms with van der Waals surface area (Å²) < 4.78 is 43.8. The summed E-state index contributed by atoms with van der Waals surface area (Å²) in [4.78, 5) is 13.3. The number of ether oxygens (including phenoxy) is 1. The molecule has 0 N–H and O–H groups in total. The van der Waals surface area contributed by atoms with E-state index in [0.717, 1.165) is 13.2 Å². The van der Waals surface area contributed by atoms with Crippen LogP contribution < -0.4 is 0 Å². The van der Waals surface area contributed by atoms with Crippen LogP contribution in [-0.2, 0) is 21.2 Å². The molecule has 0 fully saturated rings. The largest absolute Gasteiger partial charge is 0.467 e. The van der Waals surface area contributed by atoms with Crippen molar-refractivity contribution in [1.29, 1.82) is 0 Å². The van der Waals surface area contributed by atoms with Crippen LogP contribution in [0, 0.1) is 0 Å². The maximum absolute atomic E-state index is 13.0. The van der Waals surface area contributed by atoms with E-state index in [0.29, 0.717) is 0 Å². The molecule has 0 heterocycles.